The molecule has 0 radical (unpaired) electrons. The molecule has 2 aromatic carbocycles. The zero-order valence-electron chi connectivity index (χ0n) is 15.2. The van der Waals surface area contributed by atoms with Gasteiger partial charge in [-0.05, 0) is 24.4 Å². The van der Waals surface area contributed by atoms with E-state index in [1.54, 1.807) is 61.6 Å². The Morgan fingerprint density at radius 2 is 1.82 bits per heavy atom. The summed E-state index contributed by atoms with van der Waals surface area (Å²) in [6.45, 7) is 0.209. The number of hydrogen-bond donors (Lipinski definition) is 2. The van der Waals surface area contributed by atoms with E-state index < -0.39 is 0 Å². The lowest BCUT2D eigenvalue weighted by atomic mass is 10.2. The summed E-state index contributed by atoms with van der Waals surface area (Å²) >= 11 is 11.4. The van der Waals surface area contributed by atoms with Crippen LogP contribution in [0.2, 0.25) is 5.02 Å². The minimum atomic E-state index is -0.373. The predicted molar refractivity (Wildman–Crippen MR) is 112 cm³/mol. The molecular weight excluding hydrogens is 403 g/mol. The maximum atomic E-state index is 13.9. The summed E-state index contributed by atoms with van der Waals surface area (Å²) in [6.07, 6.45) is 3.30. The first-order valence-corrected chi connectivity index (χ1v) is 9.03. The first-order chi connectivity index (χ1) is 13.5. The number of benzene rings is 2. The molecule has 6 nitrogen and oxygen atoms in total. The highest BCUT2D eigenvalue weighted by atomic mass is 35.5. The van der Waals surface area contributed by atoms with Crippen LogP contribution in [0.1, 0.15) is 5.56 Å². The van der Waals surface area contributed by atoms with Gasteiger partial charge in [-0.15, -0.1) is 0 Å². The van der Waals surface area contributed by atoms with Gasteiger partial charge in [0.15, 0.2) is 5.11 Å². The Kier molecular flexibility index (Phi) is 6.33. The smallest absolute Gasteiger partial charge is 0.175 e. The summed E-state index contributed by atoms with van der Waals surface area (Å²) in [6, 6.07) is 9.92. The van der Waals surface area contributed by atoms with Crippen LogP contribution in [0.25, 0.3) is 0 Å². The summed E-state index contributed by atoms with van der Waals surface area (Å²) in [5.41, 5.74) is 1.74. The molecule has 0 aliphatic heterocycles. The molecule has 0 unspecified atom stereocenters. The molecule has 9 heteroatoms. The summed E-state index contributed by atoms with van der Waals surface area (Å²) in [5, 5.41) is 11.0. The van der Waals surface area contributed by atoms with Gasteiger partial charge in [0.1, 0.15) is 17.3 Å². The highest BCUT2D eigenvalue weighted by Gasteiger charge is 2.10. The molecule has 3 rings (SSSR count). The number of thiocarbonyl (C=S) groups is 1. The Morgan fingerprint density at radius 3 is 2.46 bits per heavy atom. The molecule has 2 N–H and O–H groups in total. The zero-order valence-corrected chi connectivity index (χ0v) is 16.8. The SMILES string of the molecule is COc1cc(NC(=S)Nc2cnn(Cc3c(F)cccc3Cl)c2)cc(OC)c1. The van der Waals surface area contributed by atoms with E-state index in [2.05, 4.69) is 15.7 Å². The molecular formula is C19H18ClFN4O2S. The third-order valence-corrected chi connectivity index (χ3v) is 4.44. The fourth-order valence-corrected chi connectivity index (χ4v) is 2.99. The van der Waals surface area contributed by atoms with E-state index in [0.29, 0.717) is 38.6 Å². The molecule has 0 atom stereocenters. The van der Waals surface area contributed by atoms with Crippen LogP contribution in [0.3, 0.4) is 0 Å². The highest BCUT2D eigenvalue weighted by molar-refractivity contribution is 7.80. The van der Waals surface area contributed by atoms with E-state index >= 15 is 0 Å². The van der Waals surface area contributed by atoms with Gasteiger partial charge in [0.2, 0.25) is 0 Å². The van der Waals surface area contributed by atoms with E-state index in [0.717, 1.165) is 0 Å². The van der Waals surface area contributed by atoms with E-state index in [1.807, 2.05) is 0 Å². The van der Waals surface area contributed by atoms with Crippen LogP contribution in [0, 0.1) is 5.82 Å². The Hall–Kier alpha value is -2.84. The number of rotatable bonds is 6. The van der Waals surface area contributed by atoms with Gasteiger partial charge < -0.3 is 20.1 Å². The van der Waals surface area contributed by atoms with Crippen LogP contribution in [0.4, 0.5) is 15.8 Å². The minimum Gasteiger partial charge on any atom is -0.497 e. The Balaban J connectivity index is 1.66. The van der Waals surface area contributed by atoms with Gasteiger partial charge in [-0.2, -0.15) is 5.10 Å². The standard InChI is InChI=1S/C19H18ClFN4O2S/c1-26-14-6-12(7-15(8-14)27-2)23-19(28)24-13-9-22-25(10-13)11-16-17(20)4-3-5-18(16)21/h3-10H,11H2,1-2H3,(H2,23,24,28). The normalized spacial score (nSPS) is 10.4. The maximum absolute atomic E-state index is 13.9. The second kappa shape index (κ2) is 8.90. The van der Waals surface area contributed by atoms with E-state index in [1.165, 1.54) is 6.07 Å². The fraction of sp³-hybridized carbons (Fsp3) is 0.158. The van der Waals surface area contributed by atoms with Crippen molar-refractivity contribution in [2.75, 3.05) is 24.9 Å². The van der Waals surface area contributed by atoms with Crippen molar-refractivity contribution < 1.29 is 13.9 Å². The van der Waals surface area contributed by atoms with Gasteiger partial charge in [-0.1, -0.05) is 17.7 Å². The number of aromatic nitrogens is 2. The lowest BCUT2D eigenvalue weighted by molar-refractivity contribution is 0.395. The number of anilines is 2. The van der Waals surface area contributed by atoms with E-state index in [4.69, 9.17) is 33.3 Å². The van der Waals surface area contributed by atoms with Gasteiger partial charge in [0.25, 0.3) is 0 Å². The molecule has 0 saturated heterocycles. The maximum Gasteiger partial charge on any atom is 0.175 e. The zero-order chi connectivity index (χ0) is 20.1. The van der Waals surface area contributed by atoms with Crippen LogP contribution < -0.4 is 20.1 Å². The highest BCUT2D eigenvalue weighted by Crippen LogP contribution is 2.26. The molecule has 1 aromatic heterocycles. The number of methoxy groups -OCH3 is 2. The van der Waals surface area contributed by atoms with Crippen molar-refractivity contribution in [3.63, 3.8) is 0 Å². The molecule has 0 aliphatic rings. The summed E-state index contributed by atoms with van der Waals surface area (Å²) in [5.74, 6) is 0.903. The van der Waals surface area contributed by atoms with Crippen molar-refractivity contribution in [2.45, 2.75) is 6.54 Å². The Labute approximate surface area is 172 Å². The number of ether oxygens (including phenoxy) is 2. The van der Waals surface area contributed by atoms with E-state index in [-0.39, 0.29) is 12.4 Å². The fourth-order valence-electron chi connectivity index (χ4n) is 2.53. The molecule has 0 aliphatic carbocycles. The third-order valence-electron chi connectivity index (χ3n) is 3.88. The lowest BCUT2D eigenvalue weighted by Gasteiger charge is -2.12. The van der Waals surface area contributed by atoms with Gasteiger partial charge in [-0.25, -0.2) is 4.39 Å². The van der Waals surface area contributed by atoms with Crippen molar-refractivity contribution in [1.29, 1.82) is 0 Å². The largest absolute Gasteiger partial charge is 0.497 e. The van der Waals surface area contributed by atoms with Crippen molar-refractivity contribution in [1.82, 2.24) is 9.78 Å². The molecule has 0 fully saturated rings. The summed E-state index contributed by atoms with van der Waals surface area (Å²) in [7, 11) is 3.15. The monoisotopic (exact) mass is 420 g/mol. The quantitative estimate of drug-likeness (QED) is 0.570. The van der Waals surface area contributed by atoms with Crippen LogP contribution in [0.15, 0.2) is 48.8 Å². The lowest BCUT2D eigenvalue weighted by Crippen LogP contribution is -2.18. The summed E-state index contributed by atoms with van der Waals surface area (Å²) < 4.78 is 26.0. The Morgan fingerprint density at radius 1 is 1.14 bits per heavy atom. The van der Waals surface area contributed by atoms with Gasteiger partial charge >= 0.3 is 0 Å². The molecule has 1 heterocycles. The number of halogens is 2. The van der Waals surface area contributed by atoms with Gasteiger partial charge in [-0.3, -0.25) is 4.68 Å². The van der Waals surface area contributed by atoms with Gasteiger partial charge in [0, 0.05) is 40.7 Å². The van der Waals surface area contributed by atoms with Gasteiger partial charge in [0.05, 0.1) is 32.6 Å². The molecule has 0 amide bonds. The average Bonchev–Trinajstić information content (AvgIpc) is 3.11. The van der Waals surface area contributed by atoms with Crippen molar-refractivity contribution in [3.05, 3.63) is 65.2 Å². The number of hydrogen-bond acceptors (Lipinski definition) is 4. The first kappa shape index (κ1) is 19.9. The average molecular weight is 421 g/mol. The van der Waals surface area contributed by atoms with Crippen LogP contribution in [-0.4, -0.2) is 29.1 Å². The molecule has 0 spiro atoms. The first-order valence-electron chi connectivity index (χ1n) is 8.25. The van der Waals surface area contributed by atoms with Crippen LogP contribution in [0.5, 0.6) is 11.5 Å². The third kappa shape index (κ3) is 4.90. The Bertz CT molecular complexity index is 953. The van der Waals surface area contributed by atoms with Crippen molar-refractivity contribution in [2.24, 2.45) is 0 Å². The second-order valence-electron chi connectivity index (χ2n) is 5.81. The number of nitrogens with one attached hydrogen (secondary N) is 2. The van der Waals surface area contributed by atoms with Crippen LogP contribution >= 0.6 is 23.8 Å². The molecule has 0 saturated carbocycles. The second-order valence-corrected chi connectivity index (χ2v) is 6.62. The minimum absolute atomic E-state index is 0.209. The van der Waals surface area contributed by atoms with E-state index in [9.17, 15) is 4.39 Å². The van der Waals surface area contributed by atoms with Crippen LogP contribution in [-0.2, 0) is 6.54 Å². The number of nitrogens with zero attached hydrogens (tertiary/aromatic N) is 2. The topological polar surface area (TPSA) is 60.3 Å². The predicted octanol–water partition coefficient (Wildman–Crippen LogP) is 4.55. The van der Waals surface area contributed by atoms with Crippen molar-refractivity contribution >= 4 is 40.3 Å². The summed E-state index contributed by atoms with van der Waals surface area (Å²) in [4.78, 5) is 0. The molecule has 146 valence electrons. The molecule has 3 aromatic rings. The van der Waals surface area contributed by atoms with Crippen molar-refractivity contribution in [3.8, 4) is 11.5 Å². The molecule has 0 bridgehead atoms. The molecule has 28 heavy (non-hydrogen) atoms.